The van der Waals surface area contributed by atoms with Gasteiger partial charge in [-0.25, -0.2) is 0 Å². The summed E-state index contributed by atoms with van der Waals surface area (Å²) in [6, 6.07) is 13.7. The number of rotatable bonds is 4. The maximum absolute atomic E-state index is 14.0. The fourth-order valence-corrected chi connectivity index (χ4v) is 4.99. The first-order valence-electron chi connectivity index (χ1n) is 11.6. The van der Waals surface area contributed by atoms with Crippen LogP contribution in [0.1, 0.15) is 25.5 Å². The molecule has 5 rings (SSSR count). The molecule has 0 spiro atoms. The van der Waals surface area contributed by atoms with E-state index < -0.39 is 17.8 Å². The first-order valence-corrected chi connectivity index (χ1v) is 11.6. The van der Waals surface area contributed by atoms with Crippen LogP contribution in [-0.4, -0.2) is 58.6 Å². The SMILES string of the molecule is CN(C)CCNc1cc2c(c3c1c(=O)c1cc4ccccc4cc1n3C)[C@H](O)[C@H](O)C(C)(C)O2. The lowest BCUT2D eigenvalue weighted by atomic mass is 9.86. The van der Waals surface area contributed by atoms with Gasteiger partial charge in [-0.15, -0.1) is 0 Å². The quantitative estimate of drug-likeness (QED) is 0.404. The molecular formula is C27H31N3O4. The van der Waals surface area contributed by atoms with Crippen molar-refractivity contribution in [3.05, 3.63) is 58.3 Å². The summed E-state index contributed by atoms with van der Waals surface area (Å²) in [6.07, 6.45) is -2.33. The zero-order valence-corrected chi connectivity index (χ0v) is 20.2. The summed E-state index contributed by atoms with van der Waals surface area (Å²) in [5.74, 6) is 0.470. The molecular weight excluding hydrogens is 430 g/mol. The monoisotopic (exact) mass is 461 g/mol. The van der Waals surface area contributed by atoms with Crippen LogP contribution < -0.4 is 15.5 Å². The van der Waals surface area contributed by atoms with Gasteiger partial charge in [-0.2, -0.15) is 0 Å². The molecule has 0 unspecified atom stereocenters. The number of fused-ring (bicyclic) bond motifs is 5. The number of aliphatic hydroxyl groups excluding tert-OH is 2. The van der Waals surface area contributed by atoms with Crippen LogP contribution in [0.15, 0.2) is 47.3 Å². The van der Waals surface area contributed by atoms with Crippen molar-refractivity contribution in [1.82, 2.24) is 9.47 Å². The van der Waals surface area contributed by atoms with E-state index >= 15 is 0 Å². The summed E-state index contributed by atoms with van der Waals surface area (Å²) in [6.45, 7) is 4.91. The van der Waals surface area contributed by atoms with E-state index in [2.05, 4.69) is 10.2 Å². The predicted octanol–water partition coefficient (Wildman–Crippen LogP) is 3.38. The van der Waals surface area contributed by atoms with Crippen molar-refractivity contribution < 1.29 is 14.9 Å². The van der Waals surface area contributed by atoms with Gasteiger partial charge in [0.1, 0.15) is 23.6 Å². The third-order valence-electron chi connectivity index (χ3n) is 6.89. The van der Waals surface area contributed by atoms with Crippen LogP contribution in [0.4, 0.5) is 5.69 Å². The number of aryl methyl sites for hydroxylation is 1. The summed E-state index contributed by atoms with van der Waals surface area (Å²) in [5.41, 5.74) is 1.33. The van der Waals surface area contributed by atoms with Crippen molar-refractivity contribution in [2.75, 3.05) is 32.5 Å². The first kappa shape index (κ1) is 22.7. The van der Waals surface area contributed by atoms with Crippen LogP contribution in [0, 0.1) is 0 Å². The molecule has 34 heavy (non-hydrogen) atoms. The molecule has 2 heterocycles. The third-order valence-corrected chi connectivity index (χ3v) is 6.89. The van der Waals surface area contributed by atoms with Gasteiger partial charge >= 0.3 is 0 Å². The van der Waals surface area contributed by atoms with Crippen LogP contribution in [0.5, 0.6) is 5.75 Å². The Bertz CT molecular complexity index is 1490. The molecule has 1 aromatic heterocycles. The van der Waals surface area contributed by atoms with E-state index in [1.807, 2.05) is 62.1 Å². The van der Waals surface area contributed by atoms with Gasteiger partial charge in [0.25, 0.3) is 0 Å². The second-order valence-electron chi connectivity index (χ2n) is 9.99. The summed E-state index contributed by atoms with van der Waals surface area (Å²) in [5, 5.41) is 28.5. The largest absolute Gasteiger partial charge is 0.484 e. The minimum absolute atomic E-state index is 0.115. The van der Waals surface area contributed by atoms with Gasteiger partial charge in [-0.05, 0) is 50.8 Å². The number of nitrogens with zero attached hydrogens (tertiary/aromatic N) is 2. The predicted molar refractivity (Wildman–Crippen MR) is 137 cm³/mol. The highest BCUT2D eigenvalue weighted by atomic mass is 16.5. The minimum Gasteiger partial charge on any atom is -0.484 e. The summed E-state index contributed by atoms with van der Waals surface area (Å²) in [7, 11) is 5.88. The Hall–Kier alpha value is -3.13. The number of anilines is 1. The average Bonchev–Trinajstić information content (AvgIpc) is 2.79. The molecule has 0 aliphatic carbocycles. The lowest BCUT2D eigenvalue weighted by molar-refractivity contribution is -0.111. The molecule has 0 saturated heterocycles. The van der Waals surface area contributed by atoms with Crippen molar-refractivity contribution in [2.24, 2.45) is 7.05 Å². The molecule has 0 bridgehead atoms. The smallest absolute Gasteiger partial charge is 0.199 e. The number of pyridine rings is 1. The lowest BCUT2D eigenvalue weighted by Crippen LogP contribution is -2.49. The number of aliphatic hydroxyl groups is 2. The van der Waals surface area contributed by atoms with E-state index in [4.69, 9.17) is 4.74 Å². The van der Waals surface area contributed by atoms with Gasteiger partial charge in [0.15, 0.2) is 5.43 Å². The molecule has 7 heteroatoms. The van der Waals surface area contributed by atoms with Gasteiger partial charge in [-0.3, -0.25) is 4.79 Å². The molecule has 4 aromatic rings. The topological polar surface area (TPSA) is 87.0 Å². The zero-order valence-electron chi connectivity index (χ0n) is 20.2. The molecule has 178 valence electrons. The molecule has 3 N–H and O–H groups in total. The Morgan fingerprint density at radius 1 is 1.12 bits per heavy atom. The fourth-order valence-electron chi connectivity index (χ4n) is 4.99. The lowest BCUT2D eigenvalue weighted by Gasteiger charge is -2.41. The maximum Gasteiger partial charge on any atom is 0.199 e. The molecule has 0 fully saturated rings. The molecule has 2 atom stereocenters. The van der Waals surface area contributed by atoms with Crippen molar-refractivity contribution in [1.29, 1.82) is 0 Å². The van der Waals surface area contributed by atoms with Crippen LogP contribution in [0.2, 0.25) is 0 Å². The Balaban J connectivity index is 1.89. The molecule has 7 nitrogen and oxygen atoms in total. The standard InChI is InChI=1S/C27H31N3O4/c1-27(2)26(33)25(32)22-20(34-27)14-18(28-10-11-29(3)4)21-23(22)30(5)19-13-16-9-7-6-8-15(16)12-17(19)24(21)31/h6-9,12-14,25-26,28,32-33H,10-11H2,1-5H3/t25-,26-/m0/s1. The highest BCUT2D eigenvalue weighted by molar-refractivity contribution is 6.06. The second kappa shape index (κ2) is 7.98. The molecule has 0 radical (unpaired) electrons. The van der Waals surface area contributed by atoms with E-state index in [-0.39, 0.29) is 5.43 Å². The molecule has 1 aliphatic rings. The summed E-state index contributed by atoms with van der Waals surface area (Å²) < 4.78 is 8.12. The van der Waals surface area contributed by atoms with E-state index in [0.29, 0.717) is 39.8 Å². The van der Waals surface area contributed by atoms with Crippen LogP contribution in [0.3, 0.4) is 0 Å². The van der Waals surface area contributed by atoms with E-state index in [1.165, 1.54) is 0 Å². The Morgan fingerprint density at radius 2 is 1.79 bits per heavy atom. The van der Waals surface area contributed by atoms with Crippen LogP contribution in [-0.2, 0) is 7.05 Å². The summed E-state index contributed by atoms with van der Waals surface area (Å²) in [4.78, 5) is 16.0. The molecule has 3 aromatic carbocycles. The van der Waals surface area contributed by atoms with Crippen molar-refractivity contribution in [2.45, 2.75) is 31.7 Å². The number of aromatic nitrogens is 1. The van der Waals surface area contributed by atoms with Crippen molar-refractivity contribution >= 4 is 38.3 Å². The minimum atomic E-state index is -1.19. The third kappa shape index (κ3) is 3.43. The highest BCUT2D eigenvalue weighted by Crippen LogP contribution is 2.45. The molecule has 1 aliphatic heterocycles. The van der Waals surface area contributed by atoms with Gasteiger partial charge < -0.3 is 29.7 Å². The Labute approximate surface area is 198 Å². The number of hydrogen-bond acceptors (Lipinski definition) is 6. The number of nitrogens with one attached hydrogen (secondary N) is 1. The summed E-state index contributed by atoms with van der Waals surface area (Å²) >= 11 is 0. The first-order chi connectivity index (χ1) is 16.1. The second-order valence-corrected chi connectivity index (χ2v) is 9.99. The Morgan fingerprint density at radius 3 is 2.47 bits per heavy atom. The van der Waals surface area contributed by atoms with Gasteiger partial charge in [0, 0.05) is 37.2 Å². The van der Waals surface area contributed by atoms with Gasteiger partial charge in [0.05, 0.1) is 22.1 Å². The number of benzene rings is 3. The highest BCUT2D eigenvalue weighted by Gasteiger charge is 2.44. The number of hydrogen-bond donors (Lipinski definition) is 3. The van der Waals surface area contributed by atoms with Crippen molar-refractivity contribution in [3.63, 3.8) is 0 Å². The Kier molecular flexibility index (Phi) is 5.31. The molecule has 0 saturated carbocycles. The van der Waals surface area contributed by atoms with Crippen molar-refractivity contribution in [3.8, 4) is 5.75 Å². The zero-order chi connectivity index (χ0) is 24.4. The van der Waals surface area contributed by atoms with E-state index in [1.54, 1.807) is 19.9 Å². The maximum atomic E-state index is 14.0. The van der Waals surface area contributed by atoms with E-state index in [9.17, 15) is 15.0 Å². The van der Waals surface area contributed by atoms with Crippen LogP contribution >= 0.6 is 0 Å². The van der Waals surface area contributed by atoms with E-state index in [0.717, 1.165) is 22.8 Å². The number of likely N-dealkylation sites (N-methyl/N-ethyl adjacent to an activating group) is 1. The van der Waals surface area contributed by atoms with Crippen LogP contribution in [0.25, 0.3) is 32.6 Å². The molecule has 0 amide bonds. The van der Waals surface area contributed by atoms with Gasteiger partial charge in [-0.1, -0.05) is 24.3 Å². The number of ether oxygens (including phenoxy) is 1. The normalized spacial score (nSPS) is 19.5. The van der Waals surface area contributed by atoms with Gasteiger partial charge in [0.2, 0.25) is 0 Å². The average molecular weight is 462 g/mol. The fraction of sp³-hybridized carbons (Fsp3) is 0.370.